The summed E-state index contributed by atoms with van der Waals surface area (Å²) in [6, 6.07) is 0. The Bertz CT molecular complexity index is 717. The highest BCUT2D eigenvalue weighted by molar-refractivity contribution is 7.48. The van der Waals surface area contributed by atoms with Gasteiger partial charge in [-0.3, -0.25) is 13.6 Å². The van der Waals surface area contributed by atoms with Crippen molar-refractivity contribution in [2.75, 3.05) is 0 Å². The van der Waals surface area contributed by atoms with Gasteiger partial charge in [0.2, 0.25) is 0 Å². The molecule has 0 spiro atoms. The van der Waals surface area contributed by atoms with E-state index in [1.165, 1.54) is 116 Å². The van der Waals surface area contributed by atoms with Crippen LogP contribution in [0, 0.1) is 35.5 Å². The minimum Gasteiger partial charge on any atom is -0.283 e. The maximum absolute atomic E-state index is 16.5. The monoisotopic (exact) mass is 813 g/mol. The summed E-state index contributed by atoms with van der Waals surface area (Å²) in [5, 5.41) is 0. The van der Waals surface area contributed by atoms with Crippen LogP contribution in [0.4, 0.5) is 0 Å². The molecule has 0 heterocycles. The van der Waals surface area contributed by atoms with E-state index < -0.39 is 7.82 Å². The first kappa shape index (κ1) is 56.1. The zero-order valence-corrected chi connectivity index (χ0v) is 41.4. The molecule has 0 fully saturated rings. The normalized spacial score (nSPS) is 18.1. The van der Waals surface area contributed by atoms with E-state index in [0.717, 1.165) is 77.0 Å². The van der Waals surface area contributed by atoms with Crippen LogP contribution in [-0.4, -0.2) is 18.3 Å². The Morgan fingerprint density at radius 3 is 0.571 bits per heavy atom. The van der Waals surface area contributed by atoms with Crippen molar-refractivity contribution in [3.8, 4) is 0 Å². The van der Waals surface area contributed by atoms with Gasteiger partial charge in [-0.15, -0.1) is 0 Å². The molecule has 0 amide bonds. The molecule has 4 nitrogen and oxygen atoms in total. The lowest BCUT2D eigenvalue weighted by molar-refractivity contribution is -0.0564. The number of hydrogen-bond acceptors (Lipinski definition) is 4. The Morgan fingerprint density at radius 1 is 0.286 bits per heavy atom. The molecule has 0 rings (SSSR count). The molecule has 56 heavy (non-hydrogen) atoms. The lowest BCUT2D eigenvalue weighted by atomic mass is 9.81. The van der Waals surface area contributed by atoms with Crippen molar-refractivity contribution >= 4 is 7.82 Å². The molecule has 0 N–H and O–H groups in total. The minimum atomic E-state index is -4.02. The van der Waals surface area contributed by atoms with Crippen molar-refractivity contribution < 1.29 is 18.1 Å². The van der Waals surface area contributed by atoms with Gasteiger partial charge >= 0.3 is 7.82 Å². The lowest BCUT2D eigenvalue weighted by Crippen LogP contribution is -2.38. The molecule has 6 atom stereocenters. The maximum Gasteiger partial charge on any atom is 0.475 e. The summed E-state index contributed by atoms with van der Waals surface area (Å²) in [5.74, 6) is 2.09. The van der Waals surface area contributed by atoms with Gasteiger partial charge in [0.25, 0.3) is 0 Å². The van der Waals surface area contributed by atoms with Crippen LogP contribution in [-0.2, 0) is 18.1 Å². The molecule has 0 aliphatic heterocycles. The zero-order chi connectivity index (χ0) is 42.0. The topological polar surface area (TPSA) is 44.8 Å². The van der Waals surface area contributed by atoms with E-state index in [9.17, 15) is 0 Å². The summed E-state index contributed by atoms with van der Waals surface area (Å²) in [4.78, 5) is 0. The van der Waals surface area contributed by atoms with E-state index in [0.29, 0.717) is 35.5 Å². The average Bonchev–Trinajstić information content (AvgIpc) is 3.20. The van der Waals surface area contributed by atoms with E-state index in [4.69, 9.17) is 13.6 Å². The molecule has 0 aliphatic rings. The third-order valence-corrected chi connectivity index (χ3v) is 15.3. The predicted molar refractivity (Wildman–Crippen MR) is 250 cm³/mol. The fourth-order valence-electron chi connectivity index (χ4n) is 9.74. The highest BCUT2D eigenvalue weighted by Crippen LogP contribution is 2.59. The van der Waals surface area contributed by atoms with Gasteiger partial charge < -0.3 is 0 Å². The largest absolute Gasteiger partial charge is 0.475 e. The number of rotatable bonds is 42. The molecule has 0 radical (unpaired) electrons. The van der Waals surface area contributed by atoms with E-state index in [-0.39, 0.29) is 18.3 Å². The van der Waals surface area contributed by atoms with Crippen LogP contribution >= 0.6 is 7.82 Å². The second-order valence-corrected chi connectivity index (χ2v) is 19.7. The molecule has 0 aliphatic carbocycles. The first-order chi connectivity index (χ1) is 27.2. The molecular weight excluding hydrogens is 708 g/mol. The van der Waals surface area contributed by atoms with Crippen LogP contribution in [0.1, 0.15) is 276 Å². The van der Waals surface area contributed by atoms with Crippen LogP contribution < -0.4 is 0 Å². The third kappa shape index (κ3) is 23.2. The highest BCUT2D eigenvalue weighted by atomic mass is 31.2. The van der Waals surface area contributed by atoms with Gasteiger partial charge in [0, 0.05) is 0 Å². The van der Waals surface area contributed by atoms with Crippen molar-refractivity contribution in [1.29, 1.82) is 0 Å². The Morgan fingerprint density at radius 2 is 0.446 bits per heavy atom. The van der Waals surface area contributed by atoms with Gasteiger partial charge in [-0.2, -0.15) is 0 Å². The lowest BCUT2D eigenvalue weighted by Gasteiger charge is -2.41. The maximum atomic E-state index is 16.5. The van der Waals surface area contributed by atoms with Crippen molar-refractivity contribution in [2.45, 2.75) is 294 Å². The molecular formula is C51H105O4P. The number of hydrogen-bond donors (Lipinski definition) is 0. The molecule has 338 valence electrons. The van der Waals surface area contributed by atoms with Crippen LogP contribution in [0.3, 0.4) is 0 Å². The van der Waals surface area contributed by atoms with Gasteiger partial charge in [0.15, 0.2) is 0 Å². The first-order valence-corrected chi connectivity index (χ1v) is 27.3. The smallest absolute Gasteiger partial charge is 0.283 e. The van der Waals surface area contributed by atoms with E-state index in [1.54, 1.807) is 0 Å². The SMILES string of the molecule is CCCCCC(CC)C(OP(=O)(OC(C(CC)CCCCC)C(CC)CCCCC)OC(C(CC)CCCCC)C(CC)CCCCC)C(CC)CCCCC. The Hall–Kier alpha value is 0.110. The minimum absolute atomic E-state index is 0.119. The zero-order valence-electron chi connectivity index (χ0n) is 40.5. The van der Waals surface area contributed by atoms with Crippen molar-refractivity contribution in [2.24, 2.45) is 35.5 Å². The molecule has 0 aromatic rings. The number of unbranched alkanes of at least 4 members (excludes halogenated alkanes) is 12. The van der Waals surface area contributed by atoms with Gasteiger partial charge in [-0.1, -0.05) is 237 Å². The molecule has 5 heteroatoms. The second-order valence-electron chi connectivity index (χ2n) is 18.1. The molecule has 0 saturated heterocycles. The summed E-state index contributed by atoms with van der Waals surface area (Å²) in [6.45, 7) is 27.8. The Balaban J connectivity index is 7.72. The standard InChI is InChI=1S/C51H105O4P/c1-13-25-31-37-43(19-7)49(44(20-8)38-32-26-14-2)53-56(52,54-50(45(21-9)39-33-27-15-3)46(22-10)40-34-28-16-4)55-51(47(23-11)41-35-29-17-5)48(24-12)42-36-30-18-6/h43-51H,13-42H2,1-12H3. The fourth-order valence-corrected chi connectivity index (χ4v) is 11.8. The molecule has 6 unspecified atom stereocenters. The number of phosphoric acid groups is 1. The van der Waals surface area contributed by atoms with Crippen molar-refractivity contribution in [3.05, 3.63) is 0 Å². The highest BCUT2D eigenvalue weighted by Gasteiger charge is 2.46. The molecule has 0 bridgehead atoms. The Kier molecular flexibility index (Phi) is 37.0. The van der Waals surface area contributed by atoms with E-state index in [2.05, 4.69) is 83.1 Å². The quantitative estimate of drug-likeness (QED) is 0.0455. The summed E-state index contributed by atoms with van der Waals surface area (Å²) in [5.41, 5.74) is 0. The van der Waals surface area contributed by atoms with Crippen LogP contribution in [0.2, 0.25) is 0 Å². The van der Waals surface area contributed by atoms with Crippen LogP contribution in [0.25, 0.3) is 0 Å². The van der Waals surface area contributed by atoms with E-state index in [1.807, 2.05) is 0 Å². The predicted octanol–water partition coefficient (Wildman–Crippen LogP) is 18.9. The summed E-state index contributed by atoms with van der Waals surface area (Å²) in [7, 11) is -4.02. The molecule has 0 aromatic heterocycles. The molecule has 0 saturated carbocycles. The fraction of sp³-hybridized carbons (Fsp3) is 1.00. The third-order valence-electron chi connectivity index (χ3n) is 13.8. The van der Waals surface area contributed by atoms with Crippen molar-refractivity contribution in [1.82, 2.24) is 0 Å². The first-order valence-electron chi connectivity index (χ1n) is 25.8. The van der Waals surface area contributed by atoms with E-state index >= 15 is 4.57 Å². The van der Waals surface area contributed by atoms with Crippen LogP contribution in [0.5, 0.6) is 0 Å². The van der Waals surface area contributed by atoms with Gasteiger partial charge in [-0.05, 0) is 74.0 Å². The van der Waals surface area contributed by atoms with Crippen LogP contribution in [0.15, 0.2) is 0 Å². The van der Waals surface area contributed by atoms with Gasteiger partial charge in [-0.25, -0.2) is 4.57 Å². The average molecular weight is 813 g/mol. The van der Waals surface area contributed by atoms with Gasteiger partial charge in [0.1, 0.15) is 0 Å². The van der Waals surface area contributed by atoms with Gasteiger partial charge in [0.05, 0.1) is 18.3 Å². The summed E-state index contributed by atoms with van der Waals surface area (Å²) >= 11 is 0. The molecule has 0 aromatic carbocycles. The summed E-state index contributed by atoms with van der Waals surface area (Å²) in [6.07, 6.45) is 34.5. The number of phosphoric ester groups is 1. The summed E-state index contributed by atoms with van der Waals surface area (Å²) < 4.78 is 38.9. The van der Waals surface area contributed by atoms with Crippen molar-refractivity contribution in [3.63, 3.8) is 0 Å². The Labute approximate surface area is 354 Å². The second kappa shape index (κ2) is 36.9.